The second kappa shape index (κ2) is 8.44. The van der Waals surface area contributed by atoms with Crippen molar-refractivity contribution in [1.29, 1.82) is 0 Å². The molecule has 5 heteroatoms. The van der Waals surface area contributed by atoms with Crippen molar-refractivity contribution in [1.82, 2.24) is 0 Å². The summed E-state index contributed by atoms with van der Waals surface area (Å²) in [6.07, 6.45) is 1.31. The van der Waals surface area contributed by atoms with Crippen LogP contribution in [0.5, 0.6) is 11.5 Å². The van der Waals surface area contributed by atoms with Gasteiger partial charge in [-0.05, 0) is 30.5 Å². The van der Waals surface area contributed by atoms with E-state index in [1.165, 1.54) is 13.2 Å². The minimum absolute atomic E-state index is 0.0878. The Morgan fingerprint density at radius 2 is 2.05 bits per heavy atom. The molecule has 0 aliphatic rings. The minimum Gasteiger partial charge on any atom is -0.507 e. The van der Waals surface area contributed by atoms with Crippen LogP contribution in [0.1, 0.15) is 31.9 Å². The third-order valence-electron chi connectivity index (χ3n) is 2.94. The molecule has 0 unspecified atom stereocenters. The summed E-state index contributed by atoms with van der Waals surface area (Å²) in [4.78, 5) is 11.0. The van der Waals surface area contributed by atoms with Crippen molar-refractivity contribution >= 4 is 11.5 Å². The van der Waals surface area contributed by atoms with Gasteiger partial charge in [0.15, 0.2) is 0 Å². The molecule has 0 aliphatic carbocycles. The molecule has 0 amide bonds. The quantitative estimate of drug-likeness (QED) is 0.618. The number of aromatic hydroxyl groups is 1. The molecule has 1 N–H and O–H groups in total. The van der Waals surface area contributed by atoms with Crippen LogP contribution in [0.2, 0.25) is 0 Å². The number of aryl methyl sites for hydroxylation is 1. The first-order chi connectivity index (χ1) is 10.3. The maximum absolute atomic E-state index is 11.0. The molecular formula is C17H24O5. The van der Waals surface area contributed by atoms with Crippen LogP contribution in [0, 0.1) is 12.8 Å². The molecule has 0 radical (unpaired) electrons. The van der Waals surface area contributed by atoms with E-state index in [0.717, 1.165) is 5.56 Å². The summed E-state index contributed by atoms with van der Waals surface area (Å²) in [7, 11) is 1.56. The highest BCUT2D eigenvalue weighted by molar-refractivity contribution is 5.74. The molecule has 0 saturated carbocycles. The number of esters is 1. The number of benzene rings is 1. The summed E-state index contributed by atoms with van der Waals surface area (Å²) in [6.45, 7) is 8.04. The number of carbonyl (C=O) groups is 1. The van der Waals surface area contributed by atoms with Crippen LogP contribution >= 0.6 is 0 Å². The smallest absolute Gasteiger partial charge is 0.307 e. The Bertz CT molecular complexity index is 546. The number of hydrogen-bond acceptors (Lipinski definition) is 5. The Morgan fingerprint density at radius 1 is 1.36 bits per heavy atom. The van der Waals surface area contributed by atoms with E-state index in [4.69, 9.17) is 14.2 Å². The topological polar surface area (TPSA) is 65.0 Å². The van der Waals surface area contributed by atoms with Gasteiger partial charge in [0.05, 0.1) is 13.7 Å². The molecule has 0 atom stereocenters. The zero-order chi connectivity index (χ0) is 16.7. The summed E-state index contributed by atoms with van der Waals surface area (Å²) in [5.74, 6) is 0.686. The Morgan fingerprint density at radius 3 is 2.59 bits per heavy atom. The lowest BCUT2D eigenvalue weighted by atomic mass is 10.0. The van der Waals surface area contributed by atoms with Gasteiger partial charge in [-0.2, -0.15) is 0 Å². The second-order valence-corrected chi connectivity index (χ2v) is 5.50. The van der Waals surface area contributed by atoms with Crippen LogP contribution in [0.3, 0.4) is 0 Å². The molecule has 22 heavy (non-hydrogen) atoms. The van der Waals surface area contributed by atoms with Crippen LogP contribution in [-0.4, -0.2) is 31.4 Å². The van der Waals surface area contributed by atoms with Gasteiger partial charge in [0.25, 0.3) is 0 Å². The van der Waals surface area contributed by atoms with Gasteiger partial charge in [-0.25, -0.2) is 0 Å². The van der Waals surface area contributed by atoms with Gasteiger partial charge >= 0.3 is 5.97 Å². The number of hydrogen-bond donors (Lipinski definition) is 1. The second-order valence-electron chi connectivity index (χ2n) is 5.50. The summed E-state index contributed by atoms with van der Waals surface area (Å²) < 4.78 is 15.8. The first kappa shape index (κ1) is 18.0. The molecule has 0 saturated heterocycles. The monoisotopic (exact) mass is 308 g/mol. The molecule has 1 rings (SSSR count). The standard InChI is InChI=1S/C17H24O5/c1-11(2)8-21-9-14(10-22-13(4)18)15-7-17(20-5)12(3)6-16(15)19/h6-7,10-11,19H,8-9H2,1-5H3. The van der Waals surface area contributed by atoms with Crippen LogP contribution in [-0.2, 0) is 14.3 Å². The number of carbonyl (C=O) groups excluding carboxylic acids is 1. The Kier molecular flexibility index (Phi) is 6.92. The molecule has 5 nitrogen and oxygen atoms in total. The van der Waals surface area contributed by atoms with Gasteiger partial charge in [0.2, 0.25) is 0 Å². The molecule has 0 aromatic heterocycles. The van der Waals surface area contributed by atoms with Crippen LogP contribution in [0.4, 0.5) is 0 Å². The maximum Gasteiger partial charge on any atom is 0.307 e. The van der Waals surface area contributed by atoms with Gasteiger partial charge in [-0.15, -0.1) is 0 Å². The van der Waals surface area contributed by atoms with Crippen molar-refractivity contribution in [3.8, 4) is 11.5 Å². The third kappa shape index (κ3) is 5.41. The largest absolute Gasteiger partial charge is 0.507 e. The molecule has 122 valence electrons. The lowest BCUT2D eigenvalue weighted by molar-refractivity contribution is -0.135. The molecular weight excluding hydrogens is 284 g/mol. The minimum atomic E-state index is -0.431. The van der Waals surface area contributed by atoms with Gasteiger partial charge in [-0.3, -0.25) is 4.79 Å². The van der Waals surface area contributed by atoms with E-state index in [1.807, 2.05) is 20.8 Å². The number of ether oxygens (including phenoxy) is 3. The van der Waals surface area contributed by atoms with E-state index < -0.39 is 5.97 Å². The van der Waals surface area contributed by atoms with Gasteiger partial charge in [0.1, 0.15) is 17.8 Å². The fraction of sp³-hybridized carbons (Fsp3) is 0.471. The SMILES string of the molecule is COc1cc(C(=COC(C)=O)COCC(C)C)c(O)cc1C. The average Bonchev–Trinajstić information content (AvgIpc) is 2.43. The van der Waals surface area contributed by atoms with E-state index in [-0.39, 0.29) is 12.4 Å². The van der Waals surface area contributed by atoms with E-state index in [0.29, 0.717) is 29.4 Å². The van der Waals surface area contributed by atoms with Crippen molar-refractivity contribution < 1.29 is 24.1 Å². The zero-order valence-corrected chi connectivity index (χ0v) is 13.8. The molecule has 1 aromatic rings. The van der Waals surface area contributed by atoms with Gasteiger partial charge in [-0.1, -0.05) is 13.8 Å². The summed E-state index contributed by atoms with van der Waals surface area (Å²) in [5.41, 5.74) is 1.91. The average molecular weight is 308 g/mol. The van der Waals surface area contributed by atoms with Crippen LogP contribution < -0.4 is 4.74 Å². The lowest BCUT2D eigenvalue weighted by Crippen LogP contribution is -2.06. The Balaban J connectivity index is 3.09. The van der Waals surface area contributed by atoms with E-state index in [1.54, 1.807) is 19.2 Å². The Labute approximate surface area is 131 Å². The normalized spacial score (nSPS) is 11.6. The Hall–Kier alpha value is -2.01. The van der Waals surface area contributed by atoms with E-state index in [2.05, 4.69) is 0 Å². The number of rotatable bonds is 7. The van der Waals surface area contributed by atoms with Gasteiger partial charge < -0.3 is 19.3 Å². The maximum atomic E-state index is 11.0. The van der Waals surface area contributed by atoms with Crippen LogP contribution in [0.25, 0.3) is 5.57 Å². The first-order valence-electron chi connectivity index (χ1n) is 7.17. The summed E-state index contributed by atoms with van der Waals surface area (Å²) in [6, 6.07) is 3.32. The first-order valence-corrected chi connectivity index (χ1v) is 7.17. The fourth-order valence-corrected chi connectivity index (χ4v) is 1.88. The van der Waals surface area contributed by atoms with E-state index >= 15 is 0 Å². The van der Waals surface area contributed by atoms with Crippen molar-refractivity contribution in [2.75, 3.05) is 20.3 Å². The van der Waals surface area contributed by atoms with Crippen molar-refractivity contribution in [2.45, 2.75) is 27.7 Å². The highest BCUT2D eigenvalue weighted by atomic mass is 16.5. The summed E-state index contributed by atoms with van der Waals surface area (Å²) >= 11 is 0. The highest BCUT2D eigenvalue weighted by Crippen LogP contribution is 2.32. The van der Waals surface area contributed by atoms with E-state index in [9.17, 15) is 9.90 Å². The predicted octanol–water partition coefficient (Wildman–Crippen LogP) is 3.29. The molecule has 0 heterocycles. The number of phenols is 1. The van der Waals surface area contributed by atoms with Crippen molar-refractivity contribution in [3.05, 3.63) is 29.5 Å². The zero-order valence-electron chi connectivity index (χ0n) is 13.8. The van der Waals surface area contributed by atoms with Crippen molar-refractivity contribution in [3.63, 3.8) is 0 Å². The van der Waals surface area contributed by atoms with Crippen LogP contribution in [0.15, 0.2) is 18.4 Å². The highest BCUT2D eigenvalue weighted by Gasteiger charge is 2.13. The number of methoxy groups -OCH3 is 1. The number of phenolic OH excluding ortho intramolecular Hbond substituents is 1. The molecule has 0 spiro atoms. The third-order valence-corrected chi connectivity index (χ3v) is 2.94. The fourth-order valence-electron chi connectivity index (χ4n) is 1.88. The summed E-state index contributed by atoms with van der Waals surface area (Å²) in [5, 5.41) is 10.2. The molecule has 0 aliphatic heterocycles. The molecule has 0 fully saturated rings. The van der Waals surface area contributed by atoms with Gasteiger partial charge in [0, 0.05) is 24.7 Å². The lowest BCUT2D eigenvalue weighted by Gasteiger charge is -2.14. The van der Waals surface area contributed by atoms with Crippen molar-refractivity contribution in [2.24, 2.45) is 5.92 Å². The molecule has 1 aromatic carbocycles. The predicted molar refractivity (Wildman–Crippen MR) is 84.8 cm³/mol. The molecule has 0 bridgehead atoms.